The van der Waals surface area contributed by atoms with Crippen LogP contribution in [0.1, 0.15) is 0 Å². The number of nitrogens with one attached hydrogen (secondary N) is 2. The maximum Gasteiger partial charge on any atom is 0.239 e. The van der Waals surface area contributed by atoms with Crippen molar-refractivity contribution in [3.05, 3.63) is 24.3 Å². The molecule has 0 saturated heterocycles. The third kappa shape index (κ3) is 5.68. The zero-order valence-corrected chi connectivity index (χ0v) is 17.8. The number of hydrogen-bond donors (Lipinski definition) is 2. The summed E-state index contributed by atoms with van der Waals surface area (Å²) in [4.78, 5) is 36.2. The molecule has 2 heterocycles. The van der Waals surface area contributed by atoms with E-state index < -0.39 is 0 Å². The molecule has 3 aromatic rings. The molecular weight excluding hydrogens is 438 g/mol. The van der Waals surface area contributed by atoms with Crippen LogP contribution < -0.4 is 20.1 Å². The largest absolute Gasteiger partial charge is 0.481 e. The number of aromatic nitrogens is 3. The molecule has 0 fully saturated rings. The number of alkyl halides is 1. The first-order chi connectivity index (χ1) is 14.0. The van der Waals surface area contributed by atoms with E-state index >= 15 is 0 Å². The van der Waals surface area contributed by atoms with Gasteiger partial charge in [-0.1, -0.05) is 11.8 Å². The number of rotatable bonds is 8. The Morgan fingerprint density at radius 3 is 2.45 bits per heavy atom. The summed E-state index contributed by atoms with van der Waals surface area (Å²) in [5.74, 6) is 0.0953. The number of fused-ring (bicyclic) bond motifs is 1. The molecule has 3 rings (SSSR count). The molecule has 29 heavy (non-hydrogen) atoms. The second-order valence-electron chi connectivity index (χ2n) is 5.46. The number of anilines is 2. The van der Waals surface area contributed by atoms with Crippen molar-refractivity contribution in [3.8, 4) is 11.8 Å². The number of hydrogen-bond acceptors (Lipinski definition) is 9. The molecule has 0 saturated carbocycles. The summed E-state index contributed by atoms with van der Waals surface area (Å²) >= 11 is 8.21. The molecule has 2 N–H and O–H groups in total. The van der Waals surface area contributed by atoms with Gasteiger partial charge < -0.3 is 14.8 Å². The second-order valence-corrected chi connectivity index (χ2v) is 7.98. The average Bonchev–Trinajstić information content (AvgIpc) is 3.14. The van der Waals surface area contributed by atoms with Crippen LogP contribution in [-0.4, -0.2) is 52.6 Å². The Balaban J connectivity index is 1.62. The Morgan fingerprint density at radius 1 is 1.07 bits per heavy atom. The Hall–Kier alpha value is -2.63. The van der Waals surface area contributed by atoms with E-state index in [-0.39, 0.29) is 41.2 Å². The predicted octanol–water partition coefficient (Wildman–Crippen LogP) is 3.01. The fourth-order valence-corrected chi connectivity index (χ4v) is 4.17. The molecule has 0 aliphatic carbocycles. The van der Waals surface area contributed by atoms with Crippen molar-refractivity contribution in [2.24, 2.45) is 0 Å². The molecule has 2 aromatic heterocycles. The van der Waals surface area contributed by atoms with Gasteiger partial charge in [0, 0.05) is 5.69 Å². The average molecular weight is 454 g/mol. The van der Waals surface area contributed by atoms with Crippen LogP contribution in [-0.2, 0) is 9.59 Å². The Morgan fingerprint density at radius 2 is 1.79 bits per heavy atom. The van der Waals surface area contributed by atoms with Gasteiger partial charge in [0.05, 0.1) is 36.3 Å². The molecule has 0 aliphatic rings. The van der Waals surface area contributed by atoms with Crippen molar-refractivity contribution in [1.29, 1.82) is 0 Å². The minimum Gasteiger partial charge on any atom is -0.481 e. The maximum atomic E-state index is 12.2. The number of amides is 2. The van der Waals surface area contributed by atoms with E-state index in [4.69, 9.17) is 21.1 Å². The summed E-state index contributed by atoms with van der Waals surface area (Å²) in [5.41, 5.74) is 1.42. The highest BCUT2D eigenvalue weighted by molar-refractivity contribution is 8.01. The van der Waals surface area contributed by atoms with Crippen LogP contribution in [0, 0.1) is 0 Å². The maximum absolute atomic E-state index is 12.2. The van der Waals surface area contributed by atoms with Gasteiger partial charge in [0.15, 0.2) is 4.34 Å². The van der Waals surface area contributed by atoms with E-state index in [0.717, 1.165) is 14.6 Å². The molecular formula is C17H16ClN5O4S2. The van der Waals surface area contributed by atoms with Crippen LogP contribution in [0.15, 0.2) is 28.6 Å². The summed E-state index contributed by atoms with van der Waals surface area (Å²) in [6.07, 6.45) is 0. The zero-order chi connectivity index (χ0) is 20.8. The van der Waals surface area contributed by atoms with Crippen LogP contribution in [0.2, 0.25) is 0 Å². The molecule has 0 radical (unpaired) electrons. The Labute approximate surface area is 179 Å². The number of carbonyl (C=O) groups is 2. The van der Waals surface area contributed by atoms with Crippen molar-refractivity contribution < 1.29 is 19.1 Å². The number of thioether (sulfide) groups is 1. The van der Waals surface area contributed by atoms with Gasteiger partial charge in [-0.3, -0.25) is 14.9 Å². The van der Waals surface area contributed by atoms with E-state index in [0.29, 0.717) is 5.69 Å². The summed E-state index contributed by atoms with van der Waals surface area (Å²) in [7, 11) is 2.92. The fraction of sp³-hybridized carbons (Fsp3) is 0.235. The lowest BCUT2D eigenvalue weighted by atomic mass is 10.3. The number of benzene rings is 1. The van der Waals surface area contributed by atoms with Gasteiger partial charge in [-0.2, -0.15) is 9.97 Å². The highest BCUT2D eigenvalue weighted by Gasteiger charge is 2.12. The van der Waals surface area contributed by atoms with Crippen LogP contribution in [0.25, 0.3) is 10.2 Å². The monoisotopic (exact) mass is 453 g/mol. The number of nitrogens with zero attached hydrogens (tertiary/aromatic N) is 3. The normalized spacial score (nSPS) is 10.6. The predicted molar refractivity (Wildman–Crippen MR) is 113 cm³/mol. The first kappa shape index (κ1) is 21.1. The van der Waals surface area contributed by atoms with E-state index in [1.807, 2.05) is 6.07 Å². The van der Waals surface area contributed by atoms with Gasteiger partial charge in [0.1, 0.15) is 5.88 Å². The third-order valence-corrected chi connectivity index (χ3v) is 5.85. The van der Waals surface area contributed by atoms with Crippen molar-refractivity contribution in [1.82, 2.24) is 15.0 Å². The van der Waals surface area contributed by atoms with E-state index in [2.05, 4.69) is 25.6 Å². The van der Waals surface area contributed by atoms with Gasteiger partial charge >= 0.3 is 0 Å². The first-order valence-electron chi connectivity index (χ1n) is 8.17. The minimum atomic E-state index is -0.292. The van der Waals surface area contributed by atoms with E-state index in [1.54, 1.807) is 12.1 Å². The molecule has 12 heteroatoms. The number of methoxy groups -OCH3 is 2. The molecule has 0 aliphatic heterocycles. The van der Waals surface area contributed by atoms with Crippen molar-refractivity contribution >= 4 is 68.4 Å². The van der Waals surface area contributed by atoms with E-state index in [9.17, 15) is 9.59 Å². The van der Waals surface area contributed by atoms with Gasteiger partial charge in [-0.05, 0) is 18.2 Å². The highest BCUT2D eigenvalue weighted by Crippen LogP contribution is 2.31. The van der Waals surface area contributed by atoms with Crippen LogP contribution in [0.4, 0.5) is 11.6 Å². The highest BCUT2D eigenvalue weighted by atomic mass is 35.5. The summed E-state index contributed by atoms with van der Waals surface area (Å²) in [6.45, 7) is 0. The lowest BCUT2D eigenvalue weighted by Gasteiger charge is -2.07. The molecule has 1 aromatic carbocycles. The van der Waals surface area contributed by atoms with Crippen molar-refractivity contribution in [2.75, 3.05) is 36.5 Å². The third-order valence-electron chi connectivity index (χ3n) is 3.45. The topological polar surface area (TPSA) is 115 Å². The van der Waals surface area contributed by atoms with Gasteiger partial charge in [-0.25, -0.2) is 4.98 Å². The van der Waals surface area contributed by atoms with Crippen molar-refractivity contribution in [3.63, 3.8) is 0 Å². The number of thiazole rings is 1. The van der Waals surface area contributed by atoms with Crippen LogP contribution in [0.5, 0.6) is 11.8 Å². The SMILES string of the molecule is COc1cc(OC)nc(NC(=O)CSc2nc3ccc(NC(=O)CCl)cc3s2)n1. The quantitative estimate of drug-likeness (QED) is 0.395. The smallest absolute Gasteiger partial charge is 0.239 e. The molecule has 9 nitrogen and oxygen atoms in total. The Kier molecular flexibility index (Phi) is 7.07. The summed E-state index contributed by atoms with van der Waals surface area (Å²) in [6, 6.07) is 6.88. The van der Waals surface area contributed by atoms with Crippen LogP contribution in [0.3, 0.4) is 0 Å². The molecule has 152 valence electrons. The summed E-state index contributed by atoms with van der Waals surface area (Å²) < 4.78 is 11.7. The lowest BCUT2D eigenvalue weighted by molar-refractivity contribution is -0.114. The van der Waals surface area contributed by atoms with Gasteiger partial charge in [0.2, 0.25) is 29.5 Å². The zero-order valence-electron chi connectivity index (χ0n) is 15.4. The lowest BCUT2D eigenvalue weighted by Crippen LogP contribution is -2.16. The molecule has 0 atom stereocenters. The Bertz CT molecular complexity index is 1020. The molecule has 2 amide bonds. The standard InChI is InChI=1S/C17H16ClN5O4S2/c1-26-14-6-15(27-2)23-16(22-14)21-13(25)8-28-17-20-10-4-3-9(5-11(10)29-17)19-12(24)7-18/h3-6H,7-8H2,1-2H3,(H,19,24)(H,21,22,23,25). The minimum absolute atomic E-state index is 0.0933. The molecule has 0 bridgehead atoms. The number of carbonyl (C=O) groups excluding carboxylic acids is 2. The van der Waals surface area contributed by atoms with Gasteiger partial charge in [-0.15, -0.1) is 22.9 Å². The number of ether oxygens (including phenoxy) is 2. The first-order valence-corrected chi connectivity index (χ1v) is 10.5. The van der Waals surface area contributed by atoms with Gasteiger partial charge in [0.25, 0.3) is 0 Å². The van der Waals surface area contributed by atoms with Crippen molar-refractivity contribution in [2.45, 2.75) is 4.34 Å². The second kappa shape index (κ2) is 9.72. The number of halogens is 1. The molecule has 0 spiro atoms. The van der Waals surface area contributed by atoms with Crippen LogP contribution >= 0.6 is 34.7 Å². The summed E-state index contributed by atoms with van der Waals surface area (Å²) in [5, 5.41) is 5.30. The fourth-order valence-electron chi connectivity index (χ4n) is 2.19. The molecule has 0 unspecified atom stereocenters. The van der Waals surface area contributed by atoms with E-state index in [1.165, 1.54) is 43.4 Å².